The van der Waals surface area contributed by atoms with E-state index in [9.17, 15) is 0 Å². The van der Waals surface area contributed by atoms with Gasteiger partial charge in [0.15, 0.2) is 0 Å². The van der Waals surface area contributed by atoms with Crippen LogP contribution < -0.4 is 5.32 Å². The number of aryl methyl sites for hydroxylation is 1. The van der Waals surface area contributed by atoms with Gasteiger partial charge in [-0.2, -0.15) is 0 Å². The molecule has 1 unspecified atom stereocenters. The Labute approximate surface area is 117 Å². The molecule has 18 heavy (non-hydrogen) atoms. The highest BCUT2D eigenvalue weighted by molar-refractivity contribution is 9.10. The molecule has 0 aromatic heterocycles. The predicted octanol–water partition coefficient (Wildman–Crippen LogP) is 5.32. The van der Waals surface area contributed by atoms with Crippen LogP contribution in [0.25, 0.3) is 0 Å². The summed E-state index contributed by atoms with van der Waals surface area (Å²) in [7, 11) is 0. The zero-order valence-corrected chi connectivity index (χ0v) is 12.4. The minimum Gasteiger partial charge on any atom is -0.378 e. The third-order valence-electron chi connectivity index (χ3n) is 3.07. The standard InChI is InChI=1S/C16H18BrN/c1-3-16(13-6-4-12(2)5-7-13)18-15-10-8-14(17)9-11-15/h4-11,16,18H,3H2,1-2H3. The molecule has 2 heteroatoms. The molecule has 0 bridgehead atoms. The van der Waals surface area contributed by atoms with E-state index in [0.29, 0.717) is 6.04 Å². The molecule has 1 nitrogen and oxygen atoms in total. The molecule has 0 amide bonds. The van der Waals surface area contributed by atoms with Gasteiger partial charge >= 0.3 is 0 Å². The Morgan fingerprint density at radius 2 is 1.61 bits per heavy atom. The number of benzene rings is 2. The van der Waals surface area contributed by atoms with Crippen LogP contribution in [0, 0.1) is 6.92 Å². The van der Waals surface area contributed by atoms with Gasteiger partial charge in [0.1, 0.15) is 0 Å². The molecule has 1 N–H and O–H groups in total. The molecular weight excluding hydrogens is 286 g/mol. The number of rotatable bonds is 4. The molecule has 0 saturated carbocycles. The van der Waals surface area contributed by atoms with Crippen molar-refractivity contribution >= 4 is 21.6 Å². The highest BCUT2D eigenvalue weighted by atomic mass is 79.9. The van der Waals surface area contributed by atoms with Crippen molar-refractivity contribution in [3.63, 3.8) is 0 Å². The van der Waals surface area contributed by atoms with E-state index in [2.05, 4.69) is 83.6 Å². The van der Waals surface area contributed by atoms with Crippen LogP contribution in [0.1, 0.15) is 30.5 Å². The lowest BCUT2D eigenvalue weighted by molar-refractivity contribution is 0.749. The quantitative estimate of drug-likeness (QED) is 0.806. The molecule has 0 heterocycles. The van der Waals surface area contributed by atoms with Crippen molar-refractivity contribution < 1.29 is 0 Å². The van der Waals surface area contributed by atoms with E-state index >= 15 is 0 Å². The monoisotopic (exact) mass is 303 g/mol. The van der Waals surface area contributed by atoms with Crippen LogP contribution in [0.15, 0.2) is 53.0 Å². The van der Waals surface area contributed by atoms with Crippen molar-refractivity contribution in [2.75, 3.05) is 5.32 Å². The van der Waals surface area contributed by atoms with E-state index in [1.165, 1.54) is 11.1 Å². The van der Waals surface area contributed by atoms with Gasteiger partial charge in [-0.15, -0.1) is 0 Å². The molecule has 0 aliphatic carbocycles. The van der Waals surface area contributed by atoms with Gasteiger partial charge in [0.25, 0.3) is 0 Å². The maximum Gasteiger partial charge on any atom is 0.0511 e. The molecule has 2 rings (SSSR count). The van der Waals surface area contributed by atoms with Crippen LogP contribution in [-0.2, 0) is 0 Å². The SMILES string of the molecule is CCC(Nc1ccc(Br)cc1)c1ccc(C)cc1. The van der Waals surface area contributed by atoms with Crippen molar-refractivity contribution in [2.45, 2.75) is 26.3 Å². The summed E-state index contributed by atoms with van der Waals surface area (Å²) < 4.78 is 1.11. The Balaban J connectivity index is 2.14. The van der Waals surface area contributed by atoms with Crippen LogP contribution in [-0.4, -0.2) is 0 Å². The Bertz CT molecular complexity index is 488. The smallest absolute Gasteiger partial charge is 0.0511 e. The lowest BCUT2D eigenvalue weighted by Crippen LogP contribution is -2.09. The summed E-state index contributed by atoms with van der Waals surface area (Å²) in [6.45, 7) is 4.32. The van der Waals surface area contributed by atoms with Crippen molar-refractivity contribution in [2.24, 2.45) is 0 Å². The number of anilines is 1. The van der Waals surface area contributed by atoms with Gasteiger partial charge in [-0.3, -0.25) is 0 Å². The maximum absolute atomic E-state index is 3.57. The molecule has 0 aliphatic heterocycles. The van der Waals surface area contributed by atoms with E-state index in [4.69, 9.17) is 0 Å². The Kier molecular flexibility index (Phi) is 4.43. The average Bonchev–Trinajstić information content (AvgIpc) is 2.39. The van der Waals surface area contributed by atoms with Crippen LogP contribution in [0.2, 0.25) is 0 Å². The van der Waals surface area contributed by atoms with E-state index in [0.717, 1.165) is 16.6 Å². The van der Waals surface area contributed by atoms with Crippen LogP contribution in [0.4, 0.5) is 5.69 Å². The topological polar surface area (TPSA) is 12.0 Å². The number of hydrogen-bond donors (Lipinski definition) is 1. The van der Waals surface area contributed by atoms with Crippen molar-refractivity contribution in [3.05, 3.63) is 64.1 Å². The van der Waals surface area contributed by atoms with Gasteiger partial charge in [0, 0.05) is 10.2 Å². The largest absolute Gasteiger partial charge is 0.378 e. The Hall–Kier alpha value is -1.28. The first-order chi connectivity index (χ1) is 8.69. The lowest BCUT2D eigenvalue weighted by Gasteiger charge is -2.19. The normalized spacial score (nSPS) is 12.2. The molecule has 1 atom stereocenters. The summed E-state index contributed by atoms with van der Waals surface area (Å²) in [5.41, 5.74) is 3.80. The van der Waals surface area contributed by atoms with Crippen LogP contribution >= 0.6 is 15.9 Å². The molecular formula is C16H18BrN. The third kappa shape index (κ3) is 3.36. The Morgan fingerprint density at radius 3 is 2.17 bits per heavy atom. The van der Waals surface area contributed by atoms with Crippen molar-refractivity contribution in [3.8, 4) is 0 Å². The van der Waals surface area contributed by atoms with Gasteiger partial charge in [0.05, 0.1) is 6.04 Å². The molecule has 0 spiro atoms. The molecule has 0 fully saturated rings. The van der Waals surface area contributed by atoms with E-state index in [-0.39, 0.29) is 0 Å². The van der Waals surface area contributed by atoms with E-state index < -0.39 is 0 Å². The fourth-order valence-corrected chi connectivity index (χ4v) is 2.23. The summed E-state index contributed by atoms with van der Waals surface area (Å²) in [4.78, 5) is 0. The average molecular weight is 304 g/mol. The fourth-order valence-electron chi connectivity index (χ4n) is 1.97. The second-order valence-electron chi connectivity index (χ2n) is 4.52. The minimum absolute atomic E-state index is 0.367. The predicted molar refractivity (Wildman–Crippen MR) is 82.0 cm³/mol. The van der Waals surface area contributed by atoms with Gasteiger partial charge in [-0.05, 0) is 43.2 Å². The zero-order chi connectivity index (χ0) is 13.0. The van der Waals surface area contributed by atoms with Gasteiger partial charge in [-0.25, -0.2) is 0 Å². The summed E-state index contributed by atoms with van der Waals surface area (Å²) in [5.74, 6) is 0. The van der Waals surface area contributed by atoms with Gasteiger partial charge < -0.3 is 5.32 Å². The second kappa shape index (κ2) is 6.05. The van der Waals surface area contributed by atoms with Crippen molar-refractivity contribution in [1.82, 2.24) is 0 Å². The first kappa shape index (κ1) is 13.2. The summed E-state index contributed by atoms with van der Waals surface area (Å²) in [6.07, 6.45) is 1.07. The first-order valence-corrected chi connectivity index (χ1v) is 7.07. The van der Waals surface area contributed by atoms with E-state index in [1.54, 1.807) is 0 Å². The molecule has 0 radical (unpaired) electrons. The number of nitrogens with one attached hydrogen (secondary N) is 1. The third-order valence-corrected chi connectivity index (χ3v) is 3.60. The minimum atomic E-state index is 0.367. The molecule has 0 aliphatic rings. The number of hydrogen-bond acceptors (Lipinski definition) is 1. The molecule has 0 saturated heterocycles. The highest BCUT2D eigenvalue weighted by Crippen LogP contribution is 2.23. The number of halogens is 1. The molecule has 2 aromatic rings. The lowest BCUT2D eigenvalue weighted by atomic mass is 10.0. The highest BCUT2D eigenvalue weighted by Gasteiger charge is 2.08. The van der Waals surface area contributed by atoms with E-state index in [1.807, 2.05) is 0 Å². The van der Waals surface area contributed by atoms with Crippen LogP contribution in [0.5, 0.6) is 0 Å². The summed E-state index contributed by atoms with van der Waals surface area (Å²) in [6, 6.07) is 17.4. The Morgan fingerprint density at radius 1 is 1.00 bits per heavy atom. The maximum atomic E-state index is 3.57. The van der Waals surface area contributed by atoms with Crippen molar-refractivity contribution in [1.29, 1.82) is 0 Å². The van der Waals surface area contributed by atoms with Crippen LogP contribution in [0.3, 0.4) is 0 Å². The molecule has 2 aromatic carbocycles. The van der Waals surface area contributed by atoms with Gasteiger partial charge in [-0.1, -0.05) is 52.7 Å². The first-order valence-electron chi connectivity index (χ1n) is 6.27. The summed E-state index contributed by atoms with van der Waals surface area (Å²) >= 11 is 3.45. The van der Waals surface area contributed by atoms with Gasteiger partial charge in [0.2, 0.25) is 0 Å². The molecule has 94 valence electrons. The second-order valence-corrected chi connectivity index (χ2v) is 5.44. The zero-order valence-electron chi connectivity index (χ0n) is 10.8. The summed E-state index contributed by atoms with van der Waals surface area (Å²) in [5, 5.41) is 3.57. The fraction of sp³-hybridized carbons (Fsp3) is 0.250.